The molecule has 0 fully saturated rings. The molecule has 1 N–H and O–H groups in total. The maximum atomic E-state index is 13.3. The number of thioether (sulfide) groups is 1. The first-order valence-corrected chi connectivity index (χ1v) is 11.4. The van der Waals surface area contributed by atoms with Gasteiger partial charge < -0.3 is 9.88 Å². The average molecular weight is 405 g/mol. The number of nitrogens with zero attached hydrogens (tertiary/aromatic N) is 1. The summed E-state index contributed by atoms with van der Waals surface area (Å²) >= 11 is 3.24. The summed E-state index contributed by atoms with van der Waals surface area (Å²) in [6, 6.07) is 20.8. The fraction of sp³-hybridized carbons (Fsp3) is 0.174. The largest absolute Gasteiger partial charge is 0.356 e. The number of nitrogens with one attached hydrogen (secondary N) is 1. The molecule has 0 bridgehead atoms. The highest BCUT2D eigenvalue weighted by molar-refractivity contribution is 7.98. The van der Waals surface area contributed by atoms with Crippen LogP contribution < -0.4 is 0 Å². The van der Waals surface area contributed by atoms with E-state index in [1.165, 1.54) is 27.2 Å². The average Bonchev–Trinajstić information content (AvgIpc) is 3.40. The molecule has 0 radical (unpaired) electrons. The van der Waals surface area contributed by atoms with Gasteiger partial charge in [-0.3, -0.25) is 4.79 Å². The second kappa shape index (κ2) is 7.15. The van der Waals surface area contributed by atoms with E-state index < -0.39 is 0 Å². The molecule has 0 unspecified atom stereocenters. The molecule has 5 heteroatoms. The molecule has 2 aromatic heterocycles. The van der Waals surface area contributed by atoms with E-state index in [2.05, 4.69) is 59.8 Å². The lowest BCUT2D eigenvalue weighted by molar-refractivity contribution is 0.0697. The van der Waals surface area contributed by atoms with Gasteiger partial charge in [0.2, 0.25) is 0 Å². The van der Waals surface area contributed by atoms with Crippen molar-refractivity contribution in [3.63, 3.8) is 0 Å². The van der Waals surface area contributed by atoms with Gasteiger partial charge in [-0.05, 0) is 53.4 Å². The van der Waals surface area contributed by atoms with E-state index in [1.54, 1.807) is 11.8 Å². The maximum Gasteiger partial charge on any atom is 0.264 e. The number of hydrogen-bond donors (Lipinski definition) is 1. The van der Waals surface area contributed by atoms with Crippen molar-refractivity contribution in [3.05, 3.63) is 87.7 Å². The number of hydrogen-bond acceptors (Lipinski definition) is 3. The minimum Gasteiger partial charge on any atom is -0.356 e. The summed E-state index contributed by atoms with van der Waals surface area (Å²) in [5.41, 5.74) is 4.78. The molecule has 1 aliphatic rings. The van der Waals surface area contributed by atoms with Crippen LogP contribution in [-0.2, 0) is 6.42 Å². The quantitative estimate of drug-likeness (QED) is 0.442. The molecule has 5 rings (SSSR count). The number of H-pyrrole nitrogens is 1. The summed E-state index contributed by atoms with van der Waals surface area (Å²) in [7, 11) is 0. The highest BCUT2D eigenvalue weighted by Crippen LogP contribution is 2.39. The van der Waals surface area contributed by atoms with Crippen LogP contribution in [0.15, 0.2) is 70.9 Å². The van der Waals surface area contributed by atoms with Crippen LogP contribution >= 0.6 is 23.1 Å². The Morgan fingerprint density at radius 2 is 1.93 bits per heavy atom. The van der Waals surface area contributed by atoms with Gasteiger partial charge in [-0.1, -0.05) is 36.4 Å². The summed E-state index contributed by atoms with van der Waals surface area (Å²) < 4.78 is 0. The van der Waals surface area contributed by atoms with Gasteiger partial charge in [-0.2, -0.15) is 0 Å². The molecule has 140 valence electrons. The second-order valence-corrected chi connectivity index (χ2v) is 8.79. The zero-order valence-corrected chi connectivity index (χ0v) is 17.1. The number of carbonyl (C=O) groups is 1. The number of carbonyl (C=O) groups excluding carboxylic acids is 1. The third kappa shape index (κ3) is 2.86. The molecule has 1 atom stereocenters. The minimum absolute atomic E-state index is 0.0957. The number of aromatic amines is 1. The predicted octanol–water partition coefficient (Wildman–Crippen LogP) is 5.74. The van der Waals surface area contributed by atoms with E-state index >= 15 is 0 Å². The van der Waals surface area contributed by atoms with Crippen molar-refractivity contribution < 1.29 is 4.79 Å². The summed E-state index contributed by atoms with van der Waals surface area (Å²) in [6.07, 6.45) is 2.95. The fourth-order valence-electron chi connectivity index (χ4n) is 4.13. The molecule has 4 aromatic rings. The van der Waals surface area contributed by atoms with Gasteiger partial charge in [0.15, 0.2) is 0 Å². The number of para-hydroxylation sites is 1. The highest BCUT2D eigenvalue weighted by Gasteiger charge is 2.35. The molecule has 0 saturated carbocycles. The fourth-order valence-corrected chi connectivity index (χ4v) is 5.22. The van der Waals surface area contributed by atoms with Gasteiger partial charge >= 0.3 is 0 Å². The Morgan fingerprint density at radius 3 is 2.68 bits per heavy atom. The minimum atomic E-state index is -0.0957. The third-order valence-corrected chi connectivity index (χ3v) is 7.06. The van der Waals surface area contributed by atoms with Gasteiger partial charge in [0.05, 0.1) is 10.9 Å². The van der Waals surface area contributed by atoms with Crippen molar-refractivity contribution in [1.29, 1.82) is 0 Å². The highest BCUT2D eigenvalue weighted by atomic mass is 32.2. The Labute approximate surface area is 172 Å². The molecule has 0 aliphatic carbocycles. The first-order chi connectivity index (χ1) is 13.8. The summed E-state index contributed by atoms with van der Waals surface area (Å²) in [5.74, 6) is 0.109. The lowest BCUT2D eigenvalue weighted by atomic mass is 9.92. The van der Waals surface area contributed by atoms with Gasteiger partial charge in [0.25, 0.3) is 5.91 Å². The molecular formula is C23H20N2OS2. The molecule has 3 heterocycles. The van der Waals surface area contributed by atoms with E-state index in [0.717, 1.165) is 34.6 Å². The third-order valence-electron chi connectivity index (χ3n) is 5.46. The molecule has 2 aromatic carbocycles. The lowest BCUT2D eigenvalue weighted by Crippen LogP contribution is -2.40. The topological polar surface area (TPSA) is 36.1 Å². The van der Waals surface area contributed by atoms with Gasteiger partial charge in [0, 0.05) is 28.0 Å². The van der Waals surface area contributed by atoms with Gasteiger partial charge in [0.1, 0.15) is 0 Å². The monoisotopic (exact) mass is 404 g/mol. The van der Waals surface area contributed by atoms with Crippen molar-refractivity contribution in [2.24, 2.45) is 0 Å². The summed E-state index contributed by atoms with van der Waals surface area (Å²) in [5, 5.41) is 3.24. The van der Waals surface area contributed by atoms with E-state index in [9.17, 15) is 4.79 Å². The zero-order chi connectivity index (χ0) is 19.1. The van der Waals surface area contributed by atoms with Crippen molar-refractivity contribution in [1.82, 2.24) is 9.88 Å². The molecular weight excluding hydrogens is 384 g/mol. The standard InChI is InChI=1S/C23H20N2OS2/c1-27-16-10-8-15(9-11-16)22-21-18(17-5-2-3-6-19(17)24-21)12-13-25(22)23(26)20-7-4-14-28-20/h2-11,14,22,24H,12-13H2,1H3/t22-/m0/s1. The summed E-state index contributed by atoms with van der Waals surface area (Å²) in [6.45, 7) is 0.723. The van der Waals surface area contributed by atoms with Crippen LogP contribution in [0, 0.1) is 0 Å². The normalized spacial score (nSPS) is 16.3. The van der Waals surface area contributed by atoms with Gasteiger partial charge in [-0.15, -0.1) is 23.1 Å². The first-order valence-electron chi connectivity index (χ1n) is 9.34. The Balaban J connectivity index is 1.66. The van der Waals surface area contributed by atoms with Crippen LogP contribution in [0.5, 0.6) is 0 Å². The van der Waals surface area contributed by atoms with E-state index in [1.807, 2.05) is 22.4 Å². The van der Waals surface area contributed by atoms with Gasteiger partial charge in [-0.25, -0.2) is 0 Å². The van der Waals surface area contributed by atoms with Crippen LogP contribution in [0.4, 0.5) is 0 Å². The first kappa shape index (κ1) is 17.6. The van der Waals surface area contributed by atoms with E-state index in [0.29, 0.717) is 0 Å². The van der Waals surface area contributed by atoms with Crippen LogP contribution in [0.1, 0.15) is 32.5 Å². The number of amides is 1. The molecule has 1 aliphatic heterocycles. The van der Waals surface area contributed by atoms with E-state index in [-0.39, 0.29) is 11.9 Å². The van der Waals surface area contributed by atoms with Crippen molar-refractivity contribution in [2.45, 2.75) is 17.4 Å². The number of rotatable bonds is 3. The van der Waals surface area contributed by atoms with Crippen molar-refractivity contribution in [2.75, 3.05) is 12.8 Å². The van der Waals surface area contributed by atoms with Crippen molar-refractivity contribution in [3.8, 4) is 0 Å². The SMILES string of the molecule is CSc1ccc([C@H]2c3[nH]c4ccccc4c3CCN2C(=O)c2cccs2)cc1. The molecule has 1 amide bonds. The number of thiophene rings is 1. The van der Waals surface area contributed by atoms with Crippen molar-refractivity contribution >= 4 is 39.9 Å². The predicted molar refractivity (Wildman–Crippen MR) is 117 cm³/mol. The Kier molecular flexibility index (Phi) is 4.49. The summed E-state index contributed by atoms with van der Waals surface area (Å²) in [4.78, 5) is 21.0. The smallest absolute Gasteiger partial charge is 0.264 e. The molecule has 0 saturated heterocycles. The van der Waals surface area contributed by atoms with Crippen LogP contribution in [-0.4, -0.2) is 28.6 Å². The Morgan fingerprint density at radius 1 is 1.11 bits per heavy atom. The number of benzene rings is 2. The second-order valence-electron chi connectivity index (χ2n) is 6.96. The molecule has 28 heavy (non-hydrogen) atoms. The van der Waals surface area contributed by atoms with Crippen LogP contribution in [0.25, 0.3) is 10.9 Å². The Bertz CT molecular complexity index is 1130. The molecule has 0 spiro atoms. The Hall–Kier alpha value is -2.50. The zero-order valence-electron chi connectivity index (χ0n) is 15.5. The number of aromatic nitrogens is 1. The lowest BCUT2D eigenvalue weighted by Gasteiger charge is -2.36. The molecule has 3 nitrogen and oxygen atoms in total. The van der Waals surface area contributed by atoms with Crippen LogP contribution in [0.2, 0.25) is 0 Å². The maximum absolute atomic E-state index is 13.3. The number of fused-ring (bicyclic) bond motifs is 3. The van der Waals surface area contributed by atoms with E-state index in [4.69, 9.17) is 0 Å². The van der Waals surface area contributed by atoms with Crippen LogP contribution in [0.3, 0.4) is 0 Å².